The van der Waals surface area contributed by atoms with E-state index in [0.29, 0.717) is 12.8 Å². The molecule has 1 aliphatic rings. The highest BCUT2D eigenvalue weighted by molar-refractivity contribution is 5.56. The van der Waals surface area contributed by atoms with Crippen LogP contribution in [0.4, 0.5) is 18.0 Å². The normalized spacial score (nSPS) is 18.5. The summed E-state index contributed by atoms with van der Waals surface area (Å²) in [5, 5.41) is 8.23. The van der Waals surface area contributed by atoms with E-state index in [1.54, 1.807) is 0 Å². The highest BCUT2D eigenvalue weighted by atomic mass is 19.4. The minimum absolute atomic E-state index is 0.260. The first-order chi connectivity index (χ1) is 7.87. The Morgan fingerprint density at radius 1 is 1.41 bits per heavy atom. The van der Waals surface area contributed by atoms with Crippen molar-refractivity contribution in [3.63, 3.8) is 0 Å². The second kappa shape index (κ2) is 6.03. The van der Waals surface area contributed by atoms with Gasteiger partial charge in [0.15, 0.2) is 0 Å². The average molecular weight is 260 g/mol. The molecule has 0 bridgehead atoms. The number of carbonyl (C=O) groups is 1. The van der Waals surface area contributed by atoms with Crippen molar-refractivity contribution in [1.29, 1.82) is 0 Å². The van der Waals surface area contributed by atoms with Gasteiger partial charge in [0.2, 0.25) is 0 Å². The molecular formula is C8H11F3O6. The molecule has 0 aromatic heterocycles. The van der Waals surface area contributed by atoms with E-state index in [1.807, 2.05) is 0 Å². The van der Waals surface area contributed by atoms with Crippen molar-refractivity contribution >= 4 is 6.16 Å². The van der Waals surface area contributed by atoms with Gasteiger partial charge in [0.25, 0.3) is 0 Å². The van der Waals surface area contributed by atoms with Gasteiger partial charge in [-0.2, -0.15) is 18.1 Å². The third-order valence-corrected chi connectivity index (χ3v) is 1.90. The summed E-state index contributed by atoms with van der Waals surface area (Å²) in [6.07, 6.45) is -4.39. The highest BCUT2D eigenvalue weighted by Crippen LogP contribution is 2.23. The maximum Gasteiger partial charge on any atom is 0.509 e. The fourth-order valence-corrected chi connectivity index (χ4v) is 0.917. The average Bonchev–Trinajstić information content (AvgIpc) is 2.09. The molecule has 0 saturated heterocycles. The SMILES string of the molecule is O=C(O)OC(OCC(F)(F)F)OOC1CCC1. The summed E-state index contributed by atoms with van der Waals surface area (Å²) in [5.41, 5.74) is 0. The first-order valence-electron chi connectivity index (χ1n) is 4.77. The van der Waals surface area contributed by atoms with Crippen molar-refractivity contribution < 1.29 is 42.3 Å². The lowest BCUT2D eigenvalue weighted by Gasteiger charge is -2.25. The molecule has 0 aliphatic heterocycles. The van der Waals surface area contributed by atoms with Gasteiger partial charge in [-0.3, -0.25) is 0 Å². The Balaban J connectivity index is 2.28. The van der Waals surface area contributed by atoms with Gasteiger partial charge < -0.3 is 14.6 Å². The van der Waals surface area contributed by atoms with Crippen molar-refractivity contribution in [3.05, 3.63) is 0 Å². The molecule has 1 N–H and O–H groups in total. The molecule has 0 aromatic rings. The fraction of sp³-hybridized carbons (Fsp3) is 0.875. The van der Waals surface area contributed by atoms with Crippen LogP contribution in [0.5, 0.6) is 0 Å². The zero-order valence-electron chi connectivity index (χ0n) is 8.61. The lowest BCUT2D eigenvalue weighted by atomic mass is 9.97. The van der Waals surface area contributed by atoms with Gasteiger partial charge in [0.05, 0.1) is 6.10 Å². The van der Waals surface area contributed by atoms with E-state index in [2.05, 4.69) is 19.2 Å². The number of halogens is 3. The zero-order chi connectivity index (χ0) is 12.9. The second-order valence-corrected chi connectivity index (χ2v) is 3.34. The Bertz CT molecular complexity index is 252. The van der Waals surface area contributed by atoms with E-state index < -0.39 is 25.4 Å². The second-order valence-electron chi connectivity index (χ2n) is 3.34. The summed E-state index contributed by atoms with van der Waals surface area (Å²) < 4.78 is 43.4. The quantitative estimate of drug-likeness (QED) is 0.341. The van der Waals surface area contributed by atoms with Gasteiger partial charge in [-0.25, -0.2) is 9.68 Å². The predicted molar refractivity (Wildman–Crippen MR) is 44.7 cm³/mol. The molecule has 6 nitrogen and oxygen atoms in total. The molecule has 1 rings (SSSR count). The van der Waals surface area contributed by atoms with E-state index in [-0.39, 0.29) is 6.10 Å². The molecule has 0 aromatic carbocycles. The van der Waals surface area contributed by atoms with E-state index in [4.69, 9.17) is 5.11 Å². The van der Waals surface area contributed by atoms with Crippen LogP contribution in [0.3, 0.4) is 0 Å². The number of alkyl halides is 3. The van der Waals surface area contributed by atoms with Crippen molar-refractivity contribution in [1.82, 2.24) is 0 Å². The van der Waals surface area contributed by atoms with E-state index in [0.717, 1.165) is 6.42 Å². The van der Waals surface area contributed by atoms with Crippen LogP contribution in [0, 0.1) is 0 Å². The van der Waals surface area contributed by atoms with E-state index in [1.165, 1.54) is 0 Å². The highest BCUT2D eigenvalue weighted by Gasteiger charge is 2.32. The Kier molecular flexibility index (Phi) is 4.97. The van der Waals surface area contributed by atoms with Gasteiger partial charge in [-0.1, -0.05) is 0 Å². The summed E-state index contributed by atoms with van der Waals surface area (Å²) in [6.45, 7) is -3.74. The fourth-order valence-electron chi connectivity index (χ4n) is 0.917. The molecule has 100 valence electrons. The molecule has 17 heavy (non-hydrogen) atoms. The van der Waals surface area contributed by atoms with Crippen molar-refractivity contribution in [3.8, 4) is 0 Å². The van der Waals surface area contributed by atoms with Gasteiger partial charge in [0, 0.05) is 0 Å². The lowest BCUT2D eigenvalue weighted by Crippen LogP contribution is -2.32. The van der Waals surface area contributed by atoms with E-state index >= 15 is 0 Å². The van der Waals surface area contributed by atoms with Crippen molar-refractivity contribution in [2.75, 3.05) is 6.61 Å². The zero-order valence-corrected chi connectivity index (χ0v) is 8.61. The first kappa shape index (κ1) is 14.0. The van der Waals surface area contributed by atoms with Gasteiger partial charge >= 0.3 is 18.8 Å². The van der Waals surface area contributed by atoms with Crippen LogP contribution in [0.25, 0.3) is 0 Å². The molecule has 1 unspecified atom stereocenters. The molecule has 1 saturated carbocycles. The maximum absolute atomic E-state index is 11.8. The molecule has 1 fully saturated rings. The summed E-state index contributed by atoms with van der Waals surface area (Å²) >= 11 is 0. The summed E-state index contributed by atoms with van der Waals surface area (Å²) in [6, 6.07) is 0. The predicted octanol–water partition coefficient (Wildman–Crippen LogP) is 2.04. The standard InChI is InChI=1S/C8H11F3O6/c9-8(10,11)4-14-7(15-6(12)13)17-16-5-2-1-3-5/h5,7H,1-4H2,(H,12,13). The number of ether oxygens (including phenoxy) is 2. The monoisotopic (exact) mass is 260 g/mol. The summed E-state index contributed by atoms with van der Waals surface area (Å²) in [5.74, 6) is 0. The minimum atomic E-state index is -4.61. The molecular weight excluding hydrogens is 249 g/mol. The Hall–Kier alpha value is -1.06. The third kappa shape index (κ3) is 6.29. The van der Waals surface area contributed by atoms with Crippen LogP contribution in [-0.4, -0.2) is 36.6 Å². The lowest BCUT2D eigenvalue weighted by molar-refractivity contribution is -0.460. The Labute approximate surface area is 94.1 Å². The molecule has 1 aliphatic carbocycles. The van der Waals surface area contributed by atoms with Gasteiger partial charge in [-0.15, -0.1) is 0 Å². The van der Waals surface area contributed by atoms with Gasteiger partial charge in [-0.05, 0) is 19.3 Å². The first-order valence-corrected chi connectivity index (χ1v) is 4.77. The third-order valence-electron chi connectivity index (χ3n) is 1.90. The summed E-state index contributed by atoms with van der Waals surface area (Å²) in [4.78, 5) is 19.1. The molecule has 0 heterocycles. The molecule has 0 amide bonds. The Morgan fingerprint density at radius 3 is 2.47 bits per heavy atom. The van der Waals surface area contributed by atoms with Gasteiger partial charge in [0.1, 0.15) is 6.61 Å². The van der Waals surface area contributed by atoms with Crippen LogP contribution in [0.1, 0.15) is 19.3 Å². The minimum Gasteiger partial charge on any atom is -0.450 e. The van der Waals surface area contributed by atoms with Crippen LogP contribution in [0.2, 0.25) is 0 Å². The number of hydrogen-bond donors (Lipinski definition) is 1. The van der Waals surface area contributed by atoms with Crippen LogP contribution >= 0.6 is 0 Å². The molecule has 0 radical (unpaired) electrons. The largest absolute Gasteiger partial charge is 0.509 e. The topological polar surface area (TPSA) is 74.2 Å². The maximum atomic E-state index is 11.8. The molecule has 9 heteroatoms. The smallest absolute Gasteiger partial charge is 0.450 e. The van der Waals surface area contributed by atoms with Crippen molar-refractivity contribution in [2.24, 2.45) is 0 Å². The van der Waals surface area contributed by atoms with Crippen molar-refractivity contribution in [2.45, 2.75) is 38.0 Å². The molecule has 1 atom stereocenters. The van der Waals surface area contributed by atoms with Crippen LogP contribution in [-0.2, 0) is 19.2 Å². The van der Waals surface area contributed by atoms with Crippen LogP contribution in [0.15, 0.2) is 0 Å². The van der Waals surface area contributed by atoms with E-state index in [9.17, 15) is 18.0 Å². The number of rotatable bonds is 6. The molecule has 0 spiro atoms. The number of hydrogen-bond acceptors (Lipinski definition) is 5. The Morgan fingerprint density at radius 2 is 2.06 bits per heavy atom. The number of carboxylic acid groups (broad SMARTS) is 1. The summed E-state index contributed by atoms with van der Waals surface area (Å²) in [7, 11) is 0. The van der Waals surface area contributed by atoms with Crippen LogP contribution < -0.4 is 0 Å².